The molecule has 1 saturated heterocycles. The van der Waals surface area contributed by atoms with Crippen LogP contribution in [0.3, 0.4) is 0 Å². The second-order valence-corrected chi connectivity index (χ2v) is 8.58. The molecule has 176 valence electrons. The van der Waals surface area contributed by atoms with Crippen LogP contribution in [0, 0.1) is 17.6 Å². The maximum atomic E-state index is 14.3. The van der Waals surface area contributed by atoms with Crippen molar-refractivity contribution in [2.24, 2.45) is 5.92 Å². The zero-order chi connectivity index (χ0) is 23.2. The lowest BCUT2D eigenvalue weighted by Gasteiger charge is -2.32. The predicted molar refractivity (Wildman–Crippen MR) is 105 cm³/mol. The van der Waals surface area contributed by atoms with Crippen molar-refractivity contribution in [3.05, 3.63) is 29.3 Å². The molecule has 1 aliphatic rings. The highest BCUT2D eigenvalue weighted by Crippen LogP contribution is 2.26. The first-order chi connectivity index (χ1) is 14.4. The number of amides is 1. The Morgan fingerprint density at radius 2 is 1.77 bits per heavy atom. The van der Waals surface area contributed by atoms with E-state index in [2.05, 4.69) is 5.32 Å². The number of carbonyl (C=O) groups is 1. The van der Waals surface area contributed by atoms with Gasteiger partial charge < -0.3 is 15.2 Å². The average Bonchev–Trinajstić information content (AvgIpc) is 2.64. The van der Waals surface area contributed by atoms with Crippen LogP contribution < -0.4 is 10.1 Å². The number of carbonyl (C=O) groups excluding carboxylic acids is 1. The molecule has 1 amide bonds. The van der Waals surface area contributed by atoms with Crippen molar-refractivity contribution in [2.75, 3.05) is 32.8 Å². The molecule has 1 heterocycles. The van der Waals surface area contributed by atoms with Gasteiger partial charge >= 0.3 is 6.18 Å². The number of halogens is 5. The minimum Gasteiger partial charge on any atom is -0.493 e. The molecule has 10 heteroatoms. The normalized spacial score (nSPS) is 16.4. The summed E-state index contributed by atoms with van der Waals surface area (Å²) in [4.78, 5) is 13.5. The van der Waals surface area contributed by atoms with Crippen LogP contribution in [-0.2, 0) is 0 Å². The van der Waals surface area contributed by atoms with Crippen molar-refractivity contribution >= 4 is 5.91 Å². The molecule has 2 rings (SSSR count). The highest BCUT2D eigenvalue weighted by Gasteiger charge is 2.32. The Bertz CT molecular complexity index is 724. The van der Waals surface area contributed by atoms with E-state index in [1.165, 1.54) is 18.7 Å². The van der Waals surface area contributed by atoms with Gasteiger partial charge in [0.15, 0.2) is 0 Å². The van der Waals surface area contributed by atoms with Gasteiger partial charge in [-0.15, -0.1) is 0 Å². The second kappa shape index (κ2) is 10.6. The third kappa shape index (κ3) is 8.25. The predicted octanol–water partition coefficient (Wildman–Crippen LogP) is 3.90. The van der Waals surface area contributed by atoms with Gasteiger partial charge in [0.2, 0.25) is 0 Å². The molecule has 0 spiro atoms. The van der Waals surface area contributed by atoms with Crippen molar-refractivity contribution < 1.29 is 36.6 Å². The summed E-state index contributed by atoms with van der Waals surface area (Å²) >= 11 is 0. The molecule has 1 aromatic rings. The van der Waals surface area contributed by atoms with Crippen molar-refractivity contribution in [3.63, 3.8) is 0 Å². The number of aliphatic hydroxyl groups excluding tert-OH is 1. The summed E-state index contributed by atoms with van der Waals surface area (Å²) in [7, 11) is 0. The molecule has 0 radical (unpaired) electrons. The number of piperidine rings is 1. The average molecular weight is 452 g/mol. The van der Waals surface area contributed by atoms with Crippen LogP contribution in [0.15, 0.2) is 12.1 Å². The fraction of sp³-hybridized carbons (Fsp3) is 0.667. The van der Waals surface area contributed by atoms with E-state index in [0.717, 1.165) is 18.6 Å². The first-order valence-corrected chi connectivity index (χ1v) is 10.2. The number of alkyl halides is 3. The zero-order valence-electron chi connectivity index (χ0n) is 17.7. The Kier molecular flexibility index (Phi) is 8.65. The topological polar surface area (TPSA) is 61.8 Å². The Morgan fingerprint density at radius 3 is 2.29 bits per heavy atom. The molecule has 31 heavy (non-hydrogen) atoms. The van der Waals surface area contributed by atoms with Gasteiger partial charge in [-0.2, -0.15) is 13.2 Å². The van der Waals surface area contributed by atoms with E-state index in [4.69, 9.17) is 4.74 Å². The fourth-order valence-corrected chi connectivity index (χ4v) is 3.51. The molecule has 1 aliphatic heterocycles. The molecule has 0 bridgehead atoms. The molecule has 0 aliphatic carbocycles. The summed E-state index contributed by atoms with van der Waals surface area (Å²) in [5.74, 6) is -2.87. The standard InChI is InChI=1S/C21H29F5N2O3/c1-20(2,13-29)27-19(30)18-16(22)10-15(11-17(18)23)31-9-3-4-14-5-7-28(8-6-14)12-21(24,25)26/h10-11,14,29H,3-9,12-13H2,1-2H3,(H,27,30). The summed E-state index contributed by atoms with van der Waals surface area (Å²) < 4.78 is 71.2. The van der Waals surface area contributed by atoms with E-state index < -0.39 is 48.0 Å². The van der Waals surface area contributed by atoms with Crippen LogP contribution in [0.5, 0.6) is 5.75 Å². The molecule has 1 fully saturated rings. The number of aliphatic hydroxyl groups is 1. The number of nitrogens with zero attached hydrogens (tertiary/aromatic N) is 1. The lowest BCUT2D eigenvalue weighted by atomic mass is 9.92. The minimum atomic E-state index is -4.18. The van der Waals surface area contributed by atoms with Gasteiger partial charge in [0.05, 0.1) is 25.3 Å². The van der Waals surface area contributed by atoms with Gasteiger partial charge in [-0.3, -0.25) is 9.69 Å². The summed E-state index contributed by atoms with van der Waals surface area (Å²) in [6.45, 7) is 2.74. The molecule has 5 nitrogen and oxygen atoms in total. The molecular formula is C21H29F5N2O3. The Balaban J connectivity index is 1.79. The van der Waals surface area contributed by atoms with E-state index in [1.54, 1.807) is 0 Å². The maximum Gasteiger partial charge on any atom is 0.401 e. The molecule has 2 N–H and O–H groups in total. The molecule has 0 aromatic heterocycles. The third-order valence-electron chi connectivity index (χ3n) is 5.23. The van der Waals surface area contributed by atoms with Crippen LogP contribution in [0.4, 0.5) is 22.0 Å². The lowest BCUT2D eigenvalue weighted by Crippen LogP contribution is -2.46. The summed E-state index contributed by atoms with van der Waals surface area (Å²) in [5, 5.41) is 11.5. The van der Waals surface area contributed by atoms with Crippen molar-refractivity contribution in [1.29, 1.82) is 0 Å². The summed E-state index contributed by atoms with van der Waals surface area (Å²) in [5.41, 5.74) is -1.78. The highest BCUT2D eigenvalue weighted by atomic mass is 19.4. The van der Waals surface area contributed by atoms with E-state index >= 15 is 0 Å². The van der Waals surface area contributed by atoms with Gasteiger partial charge in [-0.25, -0.2) is 8.78 Å². The van der Waals surface area contributed by atoms with Gasteiger partial charge in [-0.1, -0.05) is 0 Å². The van der Waals surface area contributed by atoms with Gasteiger partial charge in [0.25, 0.3) is 5.91 Å². The zero-order valence-corrected chi connectivity index (χ0v) is 17.7. The van der Waals surface area contributed by atoms with E-state index in [1.807, 2.05) is 0 Å². The highest BCUT2D eigenvalue weighted by molar-refractivity contribution is 5.95. The van der Waals surface area contributed by atoms with Crippen LogP contribution >= 0.6 is 0 Å². The smallest absolute Gasteiger partial charge is 0.401 e. The SMILES string of the molecule is CC(C)(CO)NC(=O)c1c(F)cc(OCCCC2CCN(CC(F)(F)F)CC2)cc1F. The molecule has 0 unspecified atom stereocenters. The van der Waals surface area contributed by atoms with Crippen LogP contribution in [0.1, 0.15) is 49.9 Å². The number of benzene rings is 1. The Hall–Kier alpha value is -1.94. The van der Waals surface area contributed by atoms with Crippen molar-refractivity contribution in [2.45, 2.75) is 51.2 Å². The van der Waals surface area contributed by atoms with Gasteiger partial charge in [0.1, 0.15) is 22.9 Å². The second-order valence-electron chi connectivity index (χ2n) is 8.58. The first kappa shape index (κ1) is 25.3. The number of nitrogens with one attached hydrogen (secondary N) is 1. The Labute approximate surface area is 178 Å². The molecule has 0 atom stereocenters. The Morgan fingerprint density at radius 1 is 1.19 bits per heavy atom. The molecule has 0 saturated carbocycles. The first-order valence-electron chi connectivity index (χ1n) is 10.2. The van der Waals surface area contributed by atoms with Gasteiger partial charge in [-0.05, 0) is 58.5 Å². The van der Waals surface area contributed by atoms with E-state index in [9.17, 15) is 31.9 Å². The van der Waals surface area contributed by atoms with Crippen molar-refractivity contribution in [3.8, 4) is 5.75 Å². The fourth-order valence-electron chi connectivity index (χ4n) is 3.51. The number of likely N-dealkylation sites (tertiary alicyclic amines) is 1. The maximum absolute atomic E-state index is 14.3. The number of rotatable bonds is 9. The van der Waals surface area contributed by atoms with Crippen LogP contribution in [0.2, 0.25) is 0 Å². The summed E-state index contributed by atoms with van der Waals surface area (Å²) in [6, 6.07) is 1.86. The molecular weight excluding hydrogens is 423 g/mol. The van der Waals surface area contributed by atoms with E-state index in [-0.39, 0.29) is 12.4 Å². The van der Waals surface area contributed by atoms with Crippen molar-refractivity contribution in [1.82, 2.24) is 10.2 Å². The molecule has 1 aromatic carbocycles. The number of hydrogen-bond acceptors (Lipinski definition) is 4. The number of ether oxygens (including phenoxy) is 1. The monoisotopic (exact) mass is 452 g/mol. The number of hydrogen-bond donors (Lipinski definition) is 2. The summed E-state index contributed by atoms with van der Waals surface area (Å²) in [6.07, 6.45) is -1.49. The lowest BCUT2D eigenvalue weighted by molar-refractivity contribution is -0.148. The quantitative estimate of drug-likeness (QED) is 0.441. The largest absolute Gasteiger partial charge is 0.493 e. The van der Waals surface area contributed by atoms with Crippen LogP contribution in [0.25, 0.3) is 0 Å². The van der Waals surface area contributed by atoms with E-state index in [0.29, 0.717) is 38.3 Å². The third-order valence-corrected chi connectivity index (χ3v) is 5.23. The van der Waals surface area contributed by atoms with Crippen LogP contribution in [-0.4, -0.2) is 60.5 Å². The minimum absolute atomic E-state index is 0.0482. The van der Waals surface area contributed by atoms with Gasteiger partial charge in [0, 0.05) is 12.1 Å².